The average Bonchev–Trinajstić information content (AvgIpc) is 3.13. The van der Waals surface area contributed by atoms with Crippen molar-refractivity contribution in [2.24, 2.45) is 0 Å². The summed E-state index contributed by atoms with van der Waals surface area (Å²) >= 11 is 6.33. The Hall–Kier alpha value is -2.26. The van der Waals surface area contributed by atoms with Crippen molar-refractivity contribution in [2.75, 3.05) is 11.4 Å². The zero-order valence-electron chi connectivity index (χ0n) is 14.2. The van der Waals surface area contributed by atoms with Crippen LogP contribution in [0.15, 0.2) is 60.7 Å². The summed E-state index contributed by atoms with van der Waals surface area (Å²) < 4.78 is 0. The molecule has 0 bridgehead atoms. The number of nitrogens with zero attached hydrogens (tertiary/aromatic N) is 2. The predicted octanol–water partition coefficient (Wildman–Crippen LogP) is 5.33. The molecule has 0 amide bonds. The number of piperidine rings is 1. The highest BCUT2D eigenvalue weighted by molar-refractivity contribution is 6.33. The molecular weight excluding hydrogens is 330 g/mol. The summed E-state index contributed by atoms with van der Waals surface area (Å²) in [4.78, 5) is 2.45. The largest absolute Gasteiger partial charge is 0.352 e. The molecule has 1 aliphatic rings. The highest BCUT2D eigenvalue weighted by atomic mass is 35.5. The first-order valence-electron chi connectivity index (χ1n) is 8.92. The van der Waals surface area contributed by atoms with Gasteiger partial charge in [0.25, 0.3) is 0 Å². The minimum absolute atomic E-state index is 0.499. The van der Waals surface area contributed by atoms with Gasteiger partial charge in [-0.15, -0.1) is 0 Å². The molecule has 1 unspecified atom stereocenters. The minimum atomic E-state index is 0.499. The van der Waals surface area contributed by atoms with Gasteiger partial charge in [0.15, 0.2) is 5.82 Å². The first kappa shape index (κ1) is 16.2. The van der Waals surface area contributed by atoms with Crippen molar-refractivity contribution in [1.29, 1.82) is 0 Å². The van der Waals surface area contributed by atoms with Gasteiger partial charge in [-0.1, -0.05) is 60.1 Å². The predicted molar refractivity (Wildman–Crippen MR) is 104 cm³/mol. The van der Waals surface area contributed by atoms with E-state index in [4.69, 9.17) is 11.6 Å². The second-order valence-electron chi connectivity index (χ2n) is 6.65. The van der Waals surface area contributed by atoms with Crippen LogP contribution in [0.25, 0.3) is 11.3 Å². The van der Waals surface area contributed by atoms with Crippen LogP contribution in [0, 0.1) is 0 Å². The fourth-order valence-electron chi connectivity index (χ4n) is 3.68. The zero-order valence-corrected chi connectivity index (χ0v) is 14.9. The molecule has 4 rings (SSSR count). The Labute approximate surface area is 153 Å². The van der Waals surface area contributed by atoms with Crippen LogP contribution in [-0.2, 0) is 6.42 Å². The highest BCUT2D eigenvalue weighted by Crippen LogP contribution is 2.31. The number of rotatable bonds is 4. The third-order valence-corrected chi connectivity index (χ3v) is 5.29. The molecule has 1 aliphatic heterocycles. The van der Waals surface area contributed by atoms with E-state index < -0.39 is 0 Å². The number of benzene rings is 2. The Balaban J connectivity index is 1.58. The molecule has 2 aromatic carbocycles. The Morgan fingerprint density at radius 2 is 1.84 bits per heavy atom. The number of anilines is 1. The van der Waals surface area contributed by atoms with Gasteiger partial charge in [-0.3, -0.25) is 5.10 Å². The monoisotopic (exact) mass is 351 g/mol. The van der Waals surface area contributed by atoms with E-state index >= 15 is 0 Å². The third kappa shape index (κ3) is 3.57. The molecule has 0 aliphatic carbocycles. The van der Waals surface area contributed by atoms with Crippen LogP contribution in [0.3, 0.4) is 0 Å². The molecule has 1 N–H and O–H groups in total. The van der Waals surface area contributed by atoms with E-state index in [1.54, 1.807) is 0 Å². The van der Waals surface area contributed by atoms with E-state index in [1.807, 2.05) is 24.3 Å². The van der Waals surface area contributed by atoms with Crippen LogP contribution in [0.1, 0.15) is 24.8 Å². The van der Waals surface area contributed by atoms with Crippen LogP contribution in [0.5, 0.6) is 0 Å². The summed E-state index contributed by atoms with van der Waals surface area (Å²) in [6, 6.07) is 21.3. The fraction of sp³-hybridized carbons (Fsp3) is 0.286. The van der Waals surface area contributed by atoms with Crippen molar-refractivity contribution in [1.82, 2.24) is 10.2 Å². The quantitative estimate of drug-likeness (QED) is 0.688. The van der Waals surface area contributed by atoms with Crippen molar-refractivity contribution in [3.8, 4) is 11.3 Å². The fourth-order valence-corrected chi connectivity index (χ4v) is 3.91. The lowest BCUT2D eigenvalue weighted by Gasteiger charge is -2.36. The van der Waals surface area contributed by atoms with E-state index in [-0.39, 0.29) is 0 Å². The van der Waals surface area contributed by atoms with Crippen molar-refractivity contribution < 1.29 is 0 Å². The van der Waals surface area contributed by atoms with Gasteiger partial charge in [0.05, 0.1) is 5.69 Å². The molecule has 128 valence electrons. The number of aromatic amines is 1. The van der Waals surface area contributed by atoms with Crippen molar-refractivity contribution in [3.63, 3.8) is 0 Å². The van der Waals surface area contributed by atoms with Gasteiger partial charge in [-0.2, -0.15) is 5.10 Å². The van der Waals surface area contributed by atoms with Gasteiger partial charge in [0.2, 0.25) is 0 Å². The van der Waals surface area contributed by atoms with Crippen LogP contribution < -0.4 is 4.90 Å². The van der Waals surface area contributed by atoms with Crippen LogP contribution in [0.4, 0.5) is 5.82 Å². The van der Waals surface area contributed by atoms with Crippen molar-refractivity contribution in [3.05, 3.63) is 71.2 Å². The molecule has 25 heavy (non-hydrogen) atoms. The summed E-state index contributed by atoms with van der Waals surface area (Å²) in [6.07, 6.45) is 4.79. The number of halogens is 1. The number of nitrogens with one attached hydrogen (secondary N) is 1. The van der Waals surface area contributed by atoms with Gasteiger partial charge >= 0.3 is 0 Å². The molecule has 1 fully saturated rings. The molecule has 0 saturated carbocycles. The van der Waals surface area contributed by atoms with Crippen molar-refractivity contribution in [2.45, 2.75) is 31.7 Å². The topological polar surface area (TPSA) is 31.9 Å². The van der Waals surface area contributed by atoms with Gasteiger partial charge in [0, 0.05) is 29.2 Å². The normalized spacial score (nSPS) is 17.6. The lowest BCUT2D eigenvalue weighted by Crippen LogP contribution is -2.41. The molecule has 3 nitrogen and oxygen atoms in total. The number of H-pyrrole nitrogens is 1. The molecule has 1 saturated heterocycles. The Bertz CT molecular complexity index is 828. The van der Waals surface area contributed by atoms with Crippen molar-refractivity contribution >= 4 is 17.4 Å². The van der Waals surface area contributed by atoms with E-state index in [0.717, 1.165) is 35.1 Å². The molecule has 0 radical (unpaired) electrons. The summed E-state index contributed by atoms with van der Waals surface area (Å²) in [5.41, 5.74) is 3.37. The SMILES string of the molecule is Clc1ccccc1-c1cc(N2CCCCC2Cc2ccccc2)n[nH]1. The van der Waals surface area contributed by atoms with Gasteiger partial charge in [-0.05, 0) is 37.3 Å². The lowest BCUT2D eigenvalue weighted by atomic mass is 9.95. The minimum Gasteiger partial charge on any atom is -0.352 e. The van der Waals surface area contributed by atoms with E-state index in [9.17, 15) is 0 Å². The smallest absolute Gasteiger partial charge is 0.151 e. The lowest BCUT2D eigenvalue weighted by molar-refractivity contribution is 0.454. The summed E-state index contributed by atoms with van der Waals surface area (Å²) in [5.74, 6) is 1.02. The van der Waals surface area contributed by atoms with E-state index in [1.165, 1.54) is 24.8 Å². The van der Waals surface area contributed by atoms with Gasteiger partial charge in [-0.25, -0.2) is 0 Å². The molecule has 3 aromatic rings. The van der Waals surface area contributed by atoms with E-state index in [0.29, 0.717) is 6.04 Å². The van der Waals surface area contributed by atoms with Crippen LogP contribution in [0.2, 0.25) is 5.02 Å². The van der Waals surface area contributed by atoms with Gasteiger partial charge in [0.1, 0.15) is 0 Å². The summed E-state index contributed by atoms with van der Waals surface area (Å²) in [7, 11) is 0. The third-order valence-electron chi connectivity index (χ3n) is 4.96. The first-order valence-corrected chi connectivity index (χ1v) is 9.30. The van der Waals surface area contributed by atoms with Crippen LogP contribution in [-0.4, -0.2) is 22.8 Å². The van der Waals surface area contributed by atoms with Crippen LogP contribution >= 0.6 is 11.6 Å². The maximum atomic E-state index is 6.33. The molecule has 0 spiro atoms. The molecule has 1 atom stereocenters. The summed E-state index contributed by atoms with van der Waals surface area (Å²) in [6.45, 7) is 1.06. The first-order chi connectivity index (χ1) is 12.3. The second-order valence-corrected chi connectivity index (χ2v) is 7.06. The Kier molecular flexibility index (Phi) is 4.75. The maximum Gasteiger partial charge on any atom is 0.151 e. The Morgan fingerprint density at radius 1 is 1.04 bits per heavy atom. The Morgan fingerprint density at radius 3 is 2.68 bits per heavy atom. The highest BCUT2D eigenvalue weighted by Gasteiger charge is 2.25. The summed E-state index contributed by atoms with van der Waals surface area (Å²) in [5, 5.41) is 8.51. The number of hydrogen-bond donors (Lipinski definition) is 1. The zero-order chi connectivity index (χ0) is 17.1. The second kappa shape index (κ2) is 7.32. The molecule has 4 heteroatoms. The molecule has 1 aromatic heterocycles. The number of aromatic nitrogens is 2. The van der Waals surface area contributed by atoms with E-state index in [2.05, 4.69) is 51.5 Å². The number of hydrogen-bond acceptors (Lipinski definition) is 2. The molecular formula is C21H22ClN3. The average molecular weight is 352 g/mol. The maximum absolute atomic E-state index is 6.33. The van der Waals surface area contributed by atoms with Gasteiger partial charge < -0.3 is 4.90 Å². The standard InChI is InChI=1S/C21H22ClN3/c22-19-12-5-4-11-18(19)20-15-21(24-23-20)25-13-7-6-10-17(25)14-16-8-2-1-3-9-16/h1-5,8-9,11-12,15,17H,6-7,10,13-14H2,(H,23,24). The molecule has 2 heterocycles.